The lowest BCUT2D eigenvalue weighted by atomic mass is 10.5. The van der Waals surface area contributed by atoms with Crippen LogP contribution in [-0.2, 0) is 0 Å². The van der Waals surface area contributed by atoms with E-state index >= 15 is 0 Å². The first kappa shape index (κ1) is 9.64. The molecule has 0 aliphatic carbocycles. The van der Waals surface area contributed by atoms with Crippen LogP contribution in [0.2, 0.25) is 0 Å². The fraction of sp³-hybridized carbons (Fsp3) is 1.00. The third kappa shape index (κ3) is 10.8. The molecule has 0 spiro atoms. The third-order valence-electron chi connectivity index (χ3n) is 0.406. The van der Waals surface area contributed by atoms with Crippen molar-refractivity contribution in [3.05, 3.63) is 10.1 Å². The summed E-state index contributed by atoms with van der Waals surface area (Å²) in [4.78, 5) is 9.09. The van der Waals surface area contributed by atoms with E-state index in [1.165, 1.54) is 0 Å². The van der Waals surface area contributed by atoms with Gasteiger partial charge in [-0.25, -0.2) is 0 Å². The smallest absolute Gasteiger partial charge is 0.203 e. The van der Waals surface area contributed by atoms with E-state index in [2.05, 4.69) is 0 Å². The van der Waals surface area contributed by atoms with Crippen molar-refractivity contribution < 1.29 is 4.92 Å². The summed E-state index contributed by atoms with van der Waals surface area (Å²) in [6.07, 6.45) is 0.632. The minimum atomic E-state index is -0.319. The number of nitro groups is 1. The predicted molar refractivity (Wildman–Crippen MR) is 28.9 cm³/mol. The van der Waals surface area contributed by atoms with Gasteiger partial charge < -0.3 is 0 Å². The van der Waals surface area contributed by atoms with Gasteiger partial charge in [0.05, 0.1) is 0 Å². The minimum Gasteiger partial charge on any atom is -0.265 e. The van der Waals surface area contributed by atoms with E-state index < -0.39 is 0 Å². The van der Waals surface area contributed by atoms with Crippen molar-refractivity contribution in [3.8, 4) is 0 Å². The van der Waals surface area contributed by atoms with Gasteiger partial charge in [-0.3, -0.25) is 10.1 Å². The molecule has 0 amide bonds. The van der Waals surface area contributed by atoms with Gasteiger partial charge in [0.25, 0.3) is 0 Å². The van der Waals surface area contributed by atoms with Crippen LogP contribution in [0.3, 0.4) is 0 Å². The summed E-state index contributed by atoms with van der Waals surface area (Å²) in [5.74, 6) is 0. The van der Waals surface area contributed by atoms with Crippen molar-refractivity contribution in [3.63, 3.8) is 0 Å². The molecule has 3 heteroatoms. The summed E-state index contributed by atoms with van der Waals surface area (Å²) >= 11 is 0. The molecule has 0 aromatic rings. The van der Waals surface area contributed by atoms with E-state index in [4.69, 9.17) is 0 Å². The van der Waals surface area contributed by atoms with Crippen molar-refractivity contribution in [1.82, 2.24) is 0 Å². The van der Waals surface area contributed by atoms with Gasteiger partial charge in [0.15, 0.2) is 0 Å². The summed E-state index contributed by atoms with van der Waals surface area (Å²) in [6.45, 7) is 1.88. The SMILES string of the molecule is C.CCC[N+](=O)[O-]. The van der Waals surface area contributed by atoms with Crippen molar-refractivity contribution in [2.45, 2.75) is 20.8 Å². The molecule has 0 aliphatic heterocycles. The molecule has 0 radical (unpaired) electrons. The Morgan fingerprint density at radius 3 is 2.14 bits per heavy atom. The van der Waals surface area contributed by atoms with E-state index in [-0.39, 0.29) is 18.9 Å². The summed E-state index contributed by atoms with van der Waals surface area (Å²) in [5, 5.41) is 9.40. The van der Waals surface area contributed by atoms with Crippen LogP contribution in [0.15, 0.2) is 0 Å². The Labute approximate surface area is 43.5 Å². The van der Waals surface area contributed by atoms with Crippen molar-refractivity contribution >= 4 is 0 Å². The largest absolute Gasteiger partial charge is 0.265 e. The lowest BCUT2D eigenvalue weighted by Gasteiger charge is -1.80. The molecular formula is C4H11NO2. The molecule has 0 fully saturated rings. The van der Waals surface area contributed by atoms with Gasteiger partial charge in [0.2, 0.25) is 6.54 Å². The van der Waals surface area contributed by atoms with E-state index in [1.54, 1.807) is 6.92 Å². The quantitative estimate of drug-likeness (QED) is 0.392. The monoisotopic (exact) mass is 105 g/mol. The van der Waals surface area contributed by atoms with Crippen molar-refractivity contribution in [1.29, 1.82) is 0 Å². The third-order valence-corrected chi connectivity index (χ3v) is 0.406. The highest BCUT2D eigenvalue weighted by atomic mass is 16.6. The summed E-state index contributed by atoms with van der Waals surface area (Å²) in [7, 11) is 0. The number of hydrogen-bond donors (Lipinski definition) is 0. The summed E-state index contributed by atoms with van der Waals surface area (Å²) in [5.41, 5.74) is 0. The van der Waals surface area contributed by atoms with Crippen molar-refractivity contribution in [2.75, 3.05) is 6.54 Å². The number of rotatable bonds is 2. The van der Waals surface area contributed by atoms with E-state index in [9.17, 15) is 10.1 Å². The molecule has 44 valence electrons. The molecule has 0 saturated heterocycles. The molecule has 0 aromatic carbocycles. The van der Waals surface area contributed by atoms with Crippen LogP contribution in [0.4, 0.5) is 0 Å². The fourth-order valence-electron chi connectivity index (χ4n) is 0.183. The Morgan fingerprint density at radius 2 is 2.14 bits per heavy atom. The van der Waals surface area contributed by atoms with Gasteiger partial charge in [-0.15, -0.1) is 0 Å². The van der Waals surface area contributed by atoms with Crippen molar-refractivity contribution in [2.24, 2.45) is 0 Å². The predicted octanol–water partition coefficient (Wildman–Crippen LogP) is 1.31. The molecule has 0 heterocycles. The Morgan fingerprint density at radius 1 is 1.71 bits per heavy atom. The maximum Gasteiger partial charge on any atom is 0.203 e. The average molecular weight is 105 g/mol. The fourth-order valence-corrected chi connectivity index (χ4v) is 0.183. The second kappa shape index (κ2) is 5.40. The maximum atomic E-state index is 9.40. The molecule has 0 aromatic heterocycles. The number of hydrogen-bond acceptors (Lipinski definition) is 2. The van der Waals surface area contributed by atoms with Crippen LogP contribution in [0.1, 0.15) is 20.8 Å². The molecule has 0 rings (SSSR count). The highest BCUT2D eigenvalue weighted by Crippen LogP contribution is 1.72. The van der Waals surface area contributed by atoms with E-state index in [0.29, 0.717) is 6.42 Å². The Bertz CT molecular complexity index is 53.7. The molecule has 0 N–H and O–H groups in total. The minimum absolute atomic E-state index is 0. The standard InChI is InChI=1S/C3H7NO2.CH4/c1-2-3-4(5)6;/h2-3H2,1H3;1H4. The molecular weight excluding hydrogens is 94.0 g/mol. The Kier molecular flexibility index (Phi) is 7.44. The average Bonchev–Trinajstić information content (AvgIpc) is 1.35. The van der Waals surface area contributed by atoms with Gasteiger partial charge in [0, 0.05) is 11.3 Å². The van der Waals surface area contributed by atoms with Crippen LogP contribution < -0.4 is 0 Å². The van der Waals surface area contributed by atoms with Gasteiger partial charge >= 0.3 is 0 Å². The molecule has 0 aliphatic rings. The van der Waals surface area contributed by atoms with E-state index in [0.717, 1.165) is 0 Å². The lowest BCUT2D eigenvalue weighted by molar-refractivity contribution is -0.479. The zero-order valence-electron chi connectivity index (χ0n) is 3.68. The van der Waals surface area contributed by atoms with Crippen LogP contribution in [-0.4, -0.2) is 11.5 Å². The summed E-state index contributed by atoms with van der Waals surface area (Å²) in [6, 6.07) is 0. The second-order valence-corrected chi connectivity index (χ2v) is 1.06. The van der Waals surface area contributed by atoms with Crippen LogP contribution in [0.5, 0.6) is 0 Å². The molecule has 0 bridgehead atoms. The zero-order valence-corrected chi connectivity index (χ0v) is 3.68. The highest BCUT2D eigenvalue weighted by molar-refractivity contribution is 4.18. The molecule has 0 atom stereocenters. The Hall–Kier alpha value is -0.600. The molecule has 7 heavy (non-hydrogen) atoms. The zero-order chi connectivity index (χ0) is 4.99. The maximum absolute atomic E-state index is 9.40. The topological polar surface area (TPSA) is 43.1 Å². The van der Waals surface area contributed by atoms with Crippen LogP contribution in [0, 0.1) is 10.1 Å². The van der Waals surface area contributed by atoms with E-state index in [1.807, 2.05) is 0 Å². The van der Waals surface area contributed by atoms with Gasteiger partial charge in [-0.1, -0.05) is 14.4 Å². The number of nitrogens with zero attached hydrogens (tertiary/aromatic N) is 1. The Balaban J connectivity index is 0. The van der Waals surface area contributed by atoms with Gasteiger partial charge in [-0.2, -0.15) is 0 Å². The highest BCUT2D eigenvalue weighted by Gasteiger charge is 1.85. The molecule has 3 nitrogen and oxygen atoms in total. The molecule has 0 unspecified atom stereocenters. The first-order valence-electron chi connectivity index (χ1n) is 1.89. The van der Waals surface area contributed by atoms with Crippen LogP contribution in [0.25, 0.3) is 0 Å². The normalized spacial score (nSPS) is 7.00. The summed E-state index contributed by atoms with van der Waals surface area (Å²) < 4.78 is 0. The first-order valence-corrected chi connectivity index (χ1v) is 1.89. The first-order chi connectivity index (χ1) is 2.77. The van der Waals surface area contributed by atoms with Gasteiger partial charge in [0.1, 0.15) is 0 Å². The second-order valence-electron chi connectivity index (χ2n) is 1.06. The lowest BCUT2D eigenvalue weighted by Crippen LogP contribution is -1.96. The van der Waals surface area contributed by atoms with Crippen LogP contribution >= 0.6 is 0 Å². The molecule has 0 saturated carbocycles. The van der Waals surface area contributed by atoms with Gasteiger partial charge in [-0.05, 0) is 0 Å².